The number of nitrogens with one attached hydrogen (secondary N) is 1. The number of rotatable bonds is 6. The lowest BCUT2D eigenvalue weighted by atomic mass is 10.2. The van der Waals surface area contributed by atoms with E-state index in [1.807, 2.05) is 12.1 Å². The minimum absolute atomic E-state index is 0.0311. The quantitative estimate of drug-likeness (QED) is 0.640. The van der Waals surface area contributed by atoms with E-state index in [1.54, 1.807) is 19.2 Å². The number of anilines is 1. The van der Waals surface area contributed by atoms with Gasteiger partial charge >= 0.3 is 5.69 Å². The molecular weight excluding hydrogens is 328 g/mol. The van der Waals surface area contributed by atoms with Crippen molar-refractivity contribution in [3.63, 3.8) is 0 Å². The van der Waals surface area contributed by atoms with Crippen molar-refractivity contribution in [2.24, 2.45) is 0 Å². The Morgan fingerprint density at radius 3 is 2.45 bits per heavy atom. The van der Waals surface area contributed by atoms with Crippen molar-refractivity contribution in [3.05, 3.63) is 46.0 Å². The molecule has 0 saturated heterocycles. The van der Waals surface area contributed by atoms with Gasteiger partial charge in [-0.25, -0.2) is 8.42 Å². The molecule has 1 N–H and O–H groups in total. The SMILES string of the molecule is COc1ccc(CNc2sc(S(C)(=O)=O)cc2[N+](=O)[O-])cc1. The molecule has 1 heterocycles. The fourth-order valence-corrected chi connectivity index (χ4v) is 3.67. The second kappa shape index (κ2) is 6.32. The number of thiophene rings is 1. The van der Waals surface area contributed by atoms with Crippen LogP contribution in [0.4, 0.5) is 10.7 Å². The van der Waals surface area contributed by atoms with Crippen LogP contribution in [0.5, 0.6) is 5.75 Å². The number of sulfone groups is 1. The minimum atomic E-state index is -3.47. The highest BCUT2D eigenvalue weighted by molar-refractivity contribution is 7.92. The minimum Gasteiger partial charge on any atom is -0.497 e. The topological polar surface area (TPSA) is 98.5 Å². The van der Waals surface area contributed by atoms with Gasteiger partial charge in [-0.3, -0.25) is 10.1 Å². The van der Waals surface area contributed by atoms with Gasteiger partial charge < -0.3 is 10.1 Å². The zero-order valence-electron chi connectivity index (χ0n) is 11.9. The molecule has 0 spiro atoms. The average molecular weight is 342 g/mol. The van der Waals surface area contributed by atoms with Crippen LogP contribution in [0.25, 0.3) is 0 Å². The summed E-state index contributed by atoms with van der Waals surface area (Å²) in [7, 11) is -1.91. The molecule has 7 nitrogen and oxygen atoms in total. The van der Waals surface area contributed by atoms with E-state index in [9.17, 15) is 18.5 Å². The molecular formula is C13H14N2O5S2. The third-order valence-corrected chi connectivity index (χ3v) is 5.75. The Balaban J connectivity index is 2.21. The summed E-state index contributed by atoms with van der Waals surface area (Å²) in [5.74, 6) is 0.713. The maximum Gasteiger partial charge on any atom is 0.304 e. The van der Waals surface area contributed by atoms with E-state index in [0.717, 1.165) is 29.2 Å². The molecule has 0 bridgehead atoms. The predicted molar refractivity (Wildman–Crippen MR) is 84.4 cm³/mol. The molecule has 1 aromatic heterocycles. The van der Waals surface area contributed by atoms with E-state index < -0.39 is 14.8 Å². The van der Waals surface area contributed by atoms with Crippen LogP contribution in [-0.4, -0.2) is 26.7 Å². The summed E-state index contributed by atoms with van der Waals surface area (Å²) in [6.07, 6.45) is 1.02. The first kappa shape index (κ1) is 16.2. The third-order valence-electron chi connectivity index (χ3n) is 2.86. The Kier molecular flexibility index (Phi) is 4.67. The molecule has 0 saturated carbocycles. The Labute approximate surface area is 131 Å². The monoisotopic (exact) mass is 342 g/mol. The molecule has 0 unspecified atom stereocenters. The van der Waals surface area contributed by atoms with Gasteiger partial charge in [-0.15, -0.1) is 0 Å². The second-order valence-electron chi connectivity index (χ2n) is 4.51. The van der Waals surface area contributed by atoms with Gasteiger partial charge in [0.1, 0.15) is 9.96 Å². The fraction of sp³-hybridized carbons (Fsp3) is 0.231. The smallest absolute Gasteiger partial charge is 0.304 e. The van der Waals surface area contributed by atoms with Crippen LogP contribution < -0.4 is 10.1 Å². The van der Waals surface area contributed by atoms with Gasteiger partial charge in [-0.05, 0) is 17.7 Å². The highest BCUT2D eigenvalue weighted by atomic mass is 32.2. The lowest BCUT2D eigenvalue weighted by Crippen LogP contribution is -2.00. The zero-order chi connectivity index (χ0) is 16.3. The first-order valence-corrected chi connectivity index (χ1v) is 8.87. The van der Waals surface area contributed by atoms with E-state index in [1.165, 1.54) is 0 Å². The number of methoxy groups -OCH3 is 1. The van der Waals surface area contributed by atoms with Crippen LogP contribution in [0.2, 0.25) is 0 Å². The molecule has 0 aliphatic carbocycles. The third kappa shape index (κ3) is 3.74. The van der Waals surface area contributed by atoms with E-state index >= 15 is 0 Å². The number of ether oxygens (including phenoxy) is 1. The van der Waals surface area contributed by atoms with Gasteiger partial charge in [0, 0.05) is 18.9 Å². The molecule has 1 aromatic carbocycles. The summed E-state index contributed by atoms with van der Waals surface area (Å²) in [4.78, 5) is 10.4. The molecule has 9 heteroatoms. The molecule has 0 fully saturated rings. The Hall–Kier alpha value is -2.13. The van der Waals surface area contributed by atoms with Crippen molar-refractivity contribution >= 4 is 31.9 Å². The summed E-state index contributed by atoms with van der Waals surface area (Å²) >= 11 is 0.856. The maximum absolute atomic E-state index is 11.5. The van der Waals surface area contributed by atoms with Crippen LogP contribution in [0.3, 0.4) is 0 Å². The van der Waals surface area contributed by atoms with Crippen molar-refractivity contribution in [2.75, 3.05) is 18.7 Å². The van der Waals surface area contributed by atoms with Gasteiger partial charge in [-0.1, -0.05) is 23.5 Å². The maximum atomic E-state index is 11.5. The molecule has 0 aliphatic heterocycles. The van der Waals surface area contributed by atoms with Gasteiger partial charge in [0.15, 0.2) is 14.8 Å². The normalized spacial score (nSPS) is 11.2. The first-order chi connectivity index (χ1) is 10.3. The zero-order valence-corrected chi connectivity index (χ0v) is 13.5. The van der Waals surface area contributed by atoms with E-state index in [4.69, 9.17) is 4.74 Å². The molecule has 2 rings (SSSR count). The molecule has 0 radical (unpaired) electrons. The lowest BCUT2D eigenvalue weighted by Gasteiger charge is -2.05. The Bertz CT molecular complexity index is 781. The van der Waals surface area contributed by atoms with Crippen molar-refractivity contribution in [3.8, 4) is 5.75 Å². The molecule has 0 amide bonds. The lowest BCUT2D eigenvalue weighted by molar-refractivity contribution is -0.383. The van der Waals surface area contributed by atoms with Crippen molar-refractivity contribution in [1.82, 2.24) is 0 Å². The number of nitro groups is 1. The average Bonchev–Trinajstić information content (AvgIpc) is 2.90. The standard InChI is InChI=1S/C13H14N2O5S2/c1-20-10-5-3-9(4-6-10)8-14-13-11(15(16)17)7-12(21-13)22(2,18)19/h3-7,14H,8H2,1-2H3. The second-order valence-corrected chi connectivity index (χ2v) is 7.81. The van der Waals surface area contributed by atoms with Crippen molar-refractivity contribution in [1.29, 1.82) is 0 Å². The number of benzene rings is 1. The van der Waals surface area contributed by atoms with Crippen molar-refractivity contribution in [2.45, 2.75) is 10.8 Å². The van der Waals surface area contributed by atoms with Gasteiger partial charge in [0.05, 0.1) is 12.0 Å². The molecule has 118 valence electrons. The van der Waals surface area contributed by atoms with Crippen molar-refractivity contribution < 1.29 is 18.1 Å². The first-order valence-electron chi connectivity index (χ1n) is 6.16. The van der Waals surface area contributed by atoms with Crippen LogP contribution in [-0.2, 0) is 16.4 Å². The molecule has 0 atom stereocenters. The Morgan fingerprint density at radius 2 is 1.95 bits per heavy atom. The van der Waals surface area contributed by atoms with Crippen LogP contribution >= 0.6 is 11.3 Å². The summed E-state index contributed by atoms with van der Waals surface area (Å²) < 4.78 is 28.0. The molecule has 22 heavy (non-hydrogen) atoms. The largest absolute Gasteiger partial charge is 0.497 e. The van der Waals surface area contributed by atoms with Gasteiger partial charge in [0.25, 0.3) is 0 Å². The van der Waals surface area contributed by atoms with E-state index in [0.29, 0.717) is 12.3 Å². The summed E-state index contributed by atoms with van der Waals surface area (Å²) in [5.41, 5.74) is 0.656. The number of hydrogen-bond acceptors (Lipinski definition) is 7. The van der Waals surface area contributed by atoms with E-state index in [-0.39, 0.29) is 14.9 Å². The highest BCUT2D eigenvalue weighted by Crippen LogP contribution is 2.37. The van der Waals surface area contributed by atoms with Crippen LogP contribution in [0.1, 0.15) is 5.56 Å². The van der Waals surface area contributed by atoms with Gasteiger partial charge in [0.2, 0.25) is 0 Å². The van der Waals surface area contributed by atoms with Gasteiger partial charge in [-0.2, -0.15) is 0 Å². The predicted octanol–water partition coefficient (Wildman–Crippen LogP) is 2.68. The molecule has 2 aromatic rings. The number of hydrogen-bond donors (Lipinski definition) is 1. The van der Waals surface area contributed by atoms with Crippen LogP contribution in [0, 0.1) is 10.1 Å². The summed E-state index contributed by atoms with van der Waals surface area (Å²) in [6, 6.07) is 8.28. The van der Waals surface area contributed by atoms with Crippen LogP contribution in [0.15, 0.2) is 34.5 Å². The summed E-state index contributed by atoms with van der Waals surface area (Å²) in [6.45, 7) is 0.342. The summed E-state index contributed by atoms with van der Waals surface area (Å²) in [5, 5.41) is 14.2. The number of nitrogens with zero attached hydrogens (tertiary/aromatic N) is 1. The van der Waals surface area contributed by atoms with E-state index in [2.05, 4.69) is 5.32 Å². The fourth-order valence-electron chi connectivity index (χ4n) is 1.73. The Morgan fingerprint density at radius 1 is 1.32 bits per heavy atom. The highest BCUT2D eigenvalue weighted by Gasteiger charge is 2.23. The molecule has 0 aliphatic rings.